The van der Waals surface area contributed by atoms with Crippen molar-refractivity contribution in [3.63, 3.8) is 0 Å². The maximum atomic E-state index is 13.5. The van der Waals surface area contributed by atoms with Crippen LogP contribution in [0.25, 0.3) is 0 Å². The number of nitrogens with one attached hydrogen (secondary N) is 1. The Balaban J connectivity index is 1.91. The zero-order chi connectivity index (χ0) is 26.2. The molecule has 0 bridgehead atoms. The Labute approximate surface area is 208 Å². The topological polar surface area (TPSA) is 147 Å². The van der Waals surface area contributed by atoms with Crippen molar-refractivity contribution in [2.75, 3.05) is 17.2 Å². The lowest BCUT2D eigenvalue weighted by atomic mass is 10.1. The van der Waals surface area contributed by atoms with Crippen LogP contribution in [0.4, 0.5) is 11.5 Å². The minimum Gasteiger partial charge on any atom is -0.484 e. The lowest BCUT2D eigenvalue weighted by Gasteiger charge is -2.24. The van der Waals surface area contributed by atoms with E-state index in [1.165, 1.54) is 15.5 Å². The fraction of sp³-hybridized carbons (Fsp3) is 0.385. The van der Waals surface area contributed by atoms with E-state index in [0.717, 1.165) is 6.42 Å². The van der Waals surface area contributed by atoms with E-state index in [1.54, 1.807) is 30.3 Å². The number of unbranched alkanes of at least 4 members (excludes halogenated alkanes) is 1. The molecule has 0 atom stereocenters. The summed E-state index contributed by atoms with van der Waals surface area (Å²) in [6.07, 6.45) is 2.11. The third-order valence-electron chi connectivity index (χ3n) is 5.64. The largest absolute Gasteiger partial charge is 0.484 e. The Morgan fingerprint density at radius 1 is 1.25 bits per heavy atom. The number of hydrogen-bond acceptors (Lipinski definition) is 7. The van der Waals surface area contributed by atoms with Gasteiger partial charge in [-0.05, 0) is 43.0 Å². The first kappa shape index (κ1) is 26.3. The van der Waals surface area contributed by atoms with Gasteiger partial charge in [0.1, 0.15) is 30.0 Å². The second kappa shape index (κ2) is 11.9. The summed E-state index contributed by atoms with van der Waals surface area (Å²) >= 11 is 0. The van der Waals surface area contributed by atoms with Crippen molar-refractivity contribution < 1.29 is 13.9 Å². The first-order valence-corrected chi connectivity index (χ1v) is 11.9. The number of hydrogen-bond donors (Lipinski definition) is 2. The molecule has 0 aliphatic heterocycles. The first-order chi connectivity index (χ1) is 17.3. The second-order valence-corrected chi connectivity index (χ2v) is 8.80. The molecule has 0 radical (unpaired) electrons. The van der Waals surface area contributed by atoms with Crippen molar-refractivity contribution in [1.29, 1.82) is 5.26 Å². The predicted molar refractivity (Wildman–Crippen MR) is 136 cm³/mol. The number of aromatic amines is 1. The predicted octanol–water partition coefficient (Wildman–Crippen LogP) is 3.66. The molecule has 10 heteroatoms. The number of aromatic nitrogens is 2. The van der Waals surface area contributed by atoms with Crippen molar-refractivity contribution in [3.05, 3.63) is 74.3 Å². The van der Waals surface area contributed by atoms with Gasteiger partial charge >= 0.3 is 5.69 Å². The second-order valence-electron chi connectivity index (χ2n) is 8.80. The summed E-state index contributed by atoms with van der Waals surface area (Å²) < 4.78 is 12.7. The average molecular weight is 494 g/mol. The van der Waals surface area contributed by atoms with Crippen LogP contribution in [0.3, 0.4) is 0 Å². The third-order valence-corrected chi connectivity index (χ3v) is 5.64. The molecule has 10 nitrogen and oxygen atoms in total. The highest BCUT2D eigenvalue weighted by atomic mass is 16.5. The third kappa shape index (κ3) is 6.05. The van der Waals surface area contributed by atoms with E-state index >= 15 is 0 Å². The molecule has 190 valence electrons. The molecule has 36 heavy (non-hydrogen) atoms. The quantitative estimate of drug-likeness (QED) is 0.414. The van der Waals surface area contributed by atoms with E-state index in [9.17, 15) is 19.6 Å². The number of carbonyl (C=O) groups excluding carboxylic acids is 1. The van der Waals surface area contributed by atoms with Gasteiger partial charge in [0, 0.05) is 13.1 Å². The van der Waals surface area contributed by atoms with E-state index < -0.39 is 17.2 Å². The SMILES string of the molecule is CCCCn1c(N)c(N(CCC(C)C)C(=O)c2ccc(COc3ccccc3C#N)o2)c(=O)[nH]c1=O. The van der Waals surface area contributed by atoms with Gasteiger partial charge < -0.3 is 14.9 Å². The van der Waals surface area contributed by atoms with Crippen LogP contribution in [-0.2, 0) is 13.2 Å². The summed E-state index contributed by atoms with van der Waals surface area (Å²) in [5.74, 6) is 0.388. The van der Waals surface area contributed by atoms with Gasteiger partial charge in [-0.1, -0.05) is 39.3 Å². The normalized spacial score (nSPS) is 10.9. The standard InChI is InChI=1S/C26H31N5O5/c1-4-5-13-31-23(28)22(24(32)29-26(31)34)30(14-12-17(2)3)25(33)21-11-10-19(36-21)16-35-20-9-7-6-8-18(20)15-27/h6-11,17H,4-5,12-14,16,28H2,1-3H3,(H,29,32,34). The molecule has 0 fully saturated rings. The molecule has 3 N–H and O–H groups in total. The van der Waals surface area contributed by atoms with Crippen molar-refractivity contribution in [1.82, 2.24) is 9.55 Å². The number of furan rings is 1. The number of benzene rings is 1. The van der Waals surface area contributed by atoms with Gasteiger partial charge in [-0.25, -0.2) is 4.79 Å². The van der Waals surface area contributed by atoms with E-state index in [4.69, 9.17) is 14.9 Å². The number of H-pyrrole nitrogens is 1. The fourth-order valence-electron chi connectivity index (χ4n) is 3.62. The Morgan fingerprint density at radius 2 is 2.00 bits per heavy atom. The fourth-order valence-corrected chi connectivity index (χ4v) is 3.62. The molecule has 0 saturated heterocycles. The van der Waals surface area contributed by atoms with E-state index in [0.29, 0.717) is 36.5 Å². The van der Waals surface area contributed by atoms with Crippen LogP contribution in [0, 0.1) is 17.2 Å². The Bertz CT molecular complexity index is 1360. The molecule has 3 aromatic rings. The number of nitriles is 1. The maximum absolute atomic E-state index is 13.5. The molecule has 2 aromatic heterocycles. The highest BCUT2D eigenvalue weighted by Gasteiger charge is 2.27. The molecule has 2 heterocycles. The van der Waals surface area contributed by atoms with E-state index in [-0.39, 0.29) is 36.3 Å². The number of rotatable bonds is 11. The van der Waals surface area contributed by atoms with Gasteiger partial charge in [0.15, 0.2) is 11.4 Å². The number of nitrogens with two attached hydrogens (primary N) is 1. The first-order valence-electron chi connectivity index (χ1n) is 11.9. The van der Waals surface area contributed by atoms with Crippen LogP contribution in [-0.4, -0.2) is 22.0 Å². The van der Waals surface area contributed by atoms with E-state index in [1.807, 2.05) is 20.8 Å². The number of nitrogen functional groups attached to an aromatic ring is 1. The van der Waals surface area contributed by atoms with Gasteiger partial charge in [0.25, 0.3) is 11.5 Å². The number of amides is 1. The van der Waals surface area contributed by atoms with E-state index in [2.05, 4.69) is 11.1 Å². The molecule has 3 rings (SSSR count). The lowest BCUT2D eigenvalue weighted by Crippen LogP contribution is -2.41. The number of nitrogens with zero attached hydrogens (tertiary/aromatic N) is 3. The molecule has 1 amide bonds. The van der Waals surface area contributed by atoms with Gasteiger partial charge in [-0.3, -0.25) is 24.0 Å². The van der Waals surface area contributed by atoms with Crippen molar-refractivity contribution in [2.45, 2.75) is 53.2 Å². The van der Waals surface area contributed by atoms with Crippen molar-refractivity contribution >= 4 is 17.4 Å². The molecule has 0 unspecified atom stereocenters. The van der Waals surface area contributed by atoms with Crippen molar-refractivity contribution in [3.8, 4) is 11.8 Å². The molecular weight excluding hydrogens is 462 g/mol. The average Bonchev–Trinajstić information content (AvgIpc) is 3.33. The monoisotopic (exact) mass is 493 g/mol. The van der Waals surface area contributed by atoms with Crippen molar-refractivity contribution in [2.24, 2.45) is 5.92 Å². The molecule has 0 aliphatic rings. The number of ether oxygens (including phenoxy) is 1. The molecule has 0 aliphatic carbocycles. The van der Waals surface area contributed by atoms with Gasteiger partial charge in [0.05, 0.1) is 5.56 Å². The summed E-state index contributed by atoms with van der Waals surface area (Å²) in [7, 11) is 0. The van der Waals surface area contributed by atoms with Gasteiger partial charge in [-0.15, -0.1) is 0 Å². The van der Waals surface area contributed by atoms with Crippen LogP contribution in [0.5, 0.6) is 5.75 Å². The molecule has 1 aromatic carbocycles. The zero-order valence-electron chi connectivity index (χ0n) is 20.7. The smallest absolute Gasteiger partial charge is 0.330 e. The summed E-state index contributed by atoms with van der Waals surface area (Å²) in [4.78, 5) is 42.2. The summed E-state index contributed by atoms with van der Waals surface area (Å²) in [6.45, 7) is 6.51. The number of carbonyl (C=O) groups is 1. The number of para-hydroxylation sites is 1. The maximum Gasteiger partial charge on any atom is 0.330 e. The number of anilines is 2. The van der Waals surface area contributed by atoms with Crippen LogP contribution in [0.15, 0.2) is 50.4 Å². The minimum absolute atomic E-state index is 0.00257. The van der Waals surface area contributed by atoms with Crippen LogP contribution in [0.2, 0.25) is 0 Å². The summed E-state index contributed by atoms with van der Waals surface area (Å²) in [5, 5.41) is 9.22. The van der Waals surface area contributed by atoms with Crippen LogP contribution in [0.1, 0.15) is 61.9 Å². The molecule has 0 spiro atoms. The highest BCUT2D eigenvalue weighted by molar-refractivity contribution is 6.05. The van der Waals surface area contributed by atoms with Gasteiger partial charge in [-0.2, -0.15) is 5.26 Å². The lowest BCUT2D eigenvalue weighted by molar-refractivity contribution is 0.0954. The minimum atomic E-state index is -0.731. The molecule has 0 saturated carbocycles. The van der Waals surface area contributed by atoms with Gasteiger partial charge in [0.2, 0.25) is 0 Å². The highest BCUT2D eigenvalue weighted by Crippen LogP contribution is 2.23. The Hall–Kier alpha value is -4.26. The van der Waals surface area contributed by atoms with Crippen LogP contribution < -0.4 is 26.6 Å². The Kier molecular flexibility index (Phi) is 8.73. The molecular formula is C26H31N5O5. The zero-order valence-corrected chi connectivity index (χ0v) is 20.7. The summed E-state index contributed by atoms with van der Waals surface area (Å²) in [6, 6.07) is 11.9. The summed E-state index contributed by atoms with van der Waals surface area (Å²) in [5.41, 5.74) is 5.23. The Morgan fingerprint density at radius 3 is 2.69 bits per heavy atom. The van der Waals surface area contributed by atoms with Crippen LogP contribution >= 0.6 is 0 Å².